The third-order valence-electron chi connectivity index (χ3n) is 4.22. The molecule has 1 amide bonds. The van der Waals surface area contributed by atoms with E-state index in [0.29, 0.717) is 5.56 Å². The van der Waals surface area contributed by atoms with Crippen LogP contribution in [0.25, 0.3) is 0 Å². The molecule has 2 atom stereocenters. The number of likely N-dealkylation sites (tertiary alicyclic amines) is 1. The predicted octanol–water partition coefficient (Wildman–Crippen LogP) is 2.69. The first-order valence-electron chi connectivity index (χ1n) is 7.86. The lowest BCUT2D eigenvalue weighted by atomic mass is 10.0. The Bertz CT molecular complexity index is 760. The van der Waals surface area contributed by atoms with Crippen molar-refractivity contribution < 1.29 is 18.7 Å². The molecule has 1 aliphatic heterocycles. The molecule has 0 aliphatic carbocycles. The zero-order valence-electron chi connectivity index (χ0n) is 13.5. The summed E-state index contributed by atoms with van der Waals surface area (Å²) in [5.74, 6) is -2.24. The molecule has 1 saturated heterocycles. The van der Waals surface area contributed by atoms with E-state index in [1.165, 1.54) is 11.0 Å². The van der Waals surface area contributed by atoms with E-state index in [2.05, 4.69) is 5.10 Å². The number of carbonyl (C=O) groups is 1. The lowest BCUT2D eigenvalue weighted by Gasteiger charge is -2.24. The first kappa shape index (κ1) is 16.6. The van der Waals surface area contributed by atoms with Crippen LogP contribution in [0, 0.1) is 11.6 Å². The van der Waals surface area contributed by atoms with Crippen molar-refractivity contribution in [2.75, 3.05) is 6.54 Å². The van der Waals surface area contributed by atoms with E-state index in [9.17, 15) is 18.7 Å². The number of carbonyl (C=O) groups excluding carboxylic acids is 1. The molecule has 1 aliphatic rings. The van der Waals surface area contributed by atoms with Crippen molar-refractivity contribution in [1.29, 1.82) is 0 Å². The molecular weight excluding hydrogens is 316 g/mol. The Balaban J connectivity index is 1.89. The molecule has 1 aromatic heterocycles. The van der Waals surface area contributed by atoms with Crippen molar-refractivity contribution in [3.8, 4) is 0 Å². The molecule has 1 aromatic carbocycles. The number of hydrogen-bond acceptors (Lipinski definition) is 3. The maximum atomic E-state index is 13.5. The Hall–Kier alpha value is -2.28. The Kier molecular flexibility index (Phi) is 4.36. The molecule has 24 heavy (non-hydrogen) atoms. The smallest absolute Gasteiger partial charge is 0.274 e. The van der Waals surface area contributed by atoms with Crippen LogP contribution in [0.2, 0.25) is 0 Å². The van der Waals surface area contributed by atoms with Crippen LogP contribution in [-0.4, -0.2) is 38.3 Å². The van der Waals surface area contributed by atoms with Gasteiger partial charge in [0.2, 0.25) is 0 Å². The van der Waals surface area contributed by atoms with Crippen LogP contribution >= 0.6 is 0 Å². The molecule has 0 bridgehead atoms. The van der Waals surface area contributed by atoms with E-state index < -0.39 is 23.8 Å². The van der Waals surface area contributed by atoms with Crippen LogP contribution in [0.1, 0.15) is 48.4 Å². The summed E-state index contributed by atoms with van der Waals surface area (Å²) in [5, 5.41) is 14.2. The predicted molar refractivity (Wildman–Crippen MR) is 83.4 cm³/mol. The van der Waals surface area contributed by atoms with Gasteiger partial charge in [0.25, 0.3) is 5.91 Å². The number of benzene rings is 1. The monoisotopic (exact) mass is 335 g/mol. The highest BCUT2D eigenvalue weighted by molar-refractivity contribution is 5.92. The number of aliphatic hydroxyl groups is 1. The summed E-state index contributed by atoms with van der Waals surface area (Å²) < 4.78 is 28.3. The fourth-order valence-corrected chi connectivity index (χ4v) is 2.96. The van der Waals surface area contributed by atoms with Gasteiger partial charge in [0.05, 0.1) is 12.1 Å². The number of nitrogens with zero attached hydrogens (tertiary/aromatic N) is 3. The van der Waals surface area contributed by atoms with Crippen molar-refractivity contribution in [3.63, 3.8) is 0 Å². The Morgan fingerprint density at radius 2 is 2.04 bits per heavy atom. The number of hydrogen-bond donors (Lipinski definition) is 1. The van der Waals surface area contributed by atoms with E-state index in [0.717, 1.165) is 12.1 Å². The van der Waals surface area contributed by atoms with Crippen LogP contribution in [0.3, 0.4) is 0 Å². The topological polar surface area (TPSA) is 58.4 Å². The third kappa shape index (κ3) is 3.03. The molecule has 2 heterocycles. The van der Waals surface area contributed by atoms with E-state index in [1.54, 1.807) is 16.9 Å². The average molecular weight is 335 g/mol. The van der Waals surface area contributed by atoms with Crippen LogP contribution in [0.4, 0.5) is 8.78 Å². The van der Waals surface area contributed by atoms with Gasteiger partial charge in [0.1, 0.15) is 5.69 Å². The number of aromatic nitrogens is 2. The maximum absolute atomic E-state index is 13.5. The highest BCUT2D eigenvalue weighted by Crippen LogP contribution is 2.33. The SMILES string of the molecule is CC(C)n1ccc(C(=O)N2C[C@H](O)C[C@@H]2c2ccc(F)c(F)c2)n1. The largest absolute Gasteiger partial charge is 0.391 e. The van der Waals surface area contributed by atoms with E-state index in [4.69, 9.17) is 0 Å². The molecule has 0 spiro atoms. The third-order valence-corrected chi connectivity index (χ3v) is 4.22. The van der Waals surface area contributed by atoms with Gasteiger partial charge >= 0.3 is 0 Å². The van der Waals surface area contributed by atoms with Gasteiger partial charge in [-0.25, -0.2) is 8.78 Å². The van der Waals surface area contributed by atoms with Crippen LogP contribution in [-0.2, 0) is 0 Å². The van der Waals surface area contributed by atoms with Crippen LogP contribution < -0.4 is 0 Å². The van der Waals surface area contributed by atoms with Gasteiger partial charge < -0.3 is 10.0 Å². The number of aliphatic hydroxyl groups excluding tert-OH is 1. The highest BCUT2D eigenvalue weighted by Gasteiger charge is 2.36. The zero-order valence-corrected chi connectivity index (χ0v) is 13.5. The van der Waals surface area contributed by atoms with Gasteiger partial charge in [0.15, 0.2) is 11.6 Å². The summed E-state index contributed by atoms with van der Waals surface area (Å²) in [4.78, 5) is 14.2. The lowest BCUT2D eigenvalue weighted by Crippen LogP contribution is -2.32. The lowest BCUT2D eigenvalue weighted by molar-refractivity contribution is 0.0708. The Morgan fingerprint density at radius 3 is 2.67 bits per heavy atom. The summed E-state index contributed by atoms with van der Waals surface area (Å²) in [7, 11) is 0. The molecule has 5 nitrogen and oxygen atoms in total. The second-order valence-corrected chi connectivity index (χ2v) is 6.31. The van der Waals surface area contributed by atoms with Gasteiger partial charge in [-0.1, -0.05) is 6.07 Å². The summed E-state index contributed by atoms with van der Waals surface area (Å²) in [6.07, 6.45) is 1.29. The molecule has 1 N–H and O–H groups in total. The van der Waals surface area contributed by atoms with Crippen molar-refractivity contribution in [1.82, 2.24) is 14.7 Å². The Labute approximate surface area is 138 Å². The molecule has 2 aromatic rings. The fourth-order valence-electron chi connectivity index (χ4n) is 2.96. The van der Waals surface area contributed by atoms with E-state index in [1.807, 2.05) is 13.8 Å². The summed E-state index contributed by atoms with van der Waals surface area (Å²) in [5.41, 5.74) is 0.729. The number of halogens is 2. The minimum Gasteiger partial charge on any atom is -0.391 e. The minimum atomic E-state index is -0.967. The molecule has 0 saturated carbocycles. The standard InChI is InChI=1S/C17H19F2N3O2/c1-10(2)22-6-5-15(20-22)17(24)21-9-12(23)8-16(21)11-3-4-13(18)14(19)7-11/h3-7,10,12,16,23H,8-9H2,1-2H3/t12-,16-/m1/s1. The molecule has 3 rings (SSSR count). The number of rotatable bonds is 3. The number of amides is 1. The highest BCUT2D eigenvalue weighted by atomic mass is 19.2. The van der Waals surface area contributed by atoms with Gasteiger partial charge in [-0.3, -0.25) is 9.48 Å². The summed E-state index contributed by atoms with van der Waals surface area (Å²) >= 11 is 0. The first-order chi connectivity index (χ1) is 11.4. The maximum Gasteiger partial charge on any atom is 0.274 e. The zero-order chi connectivity index (χ0) is 17.4. The molecule has 0 radical (unpaired) electrons. The minimum absolute atomic E-state index is 0.123. The second-order valence-electron chi connectivity index (χ2n) is 6.31. The molecular formula is C17H19F2N3O2. The second kappa shape index (κ2) is 6.32. The Morgan fingerprint density at radius 1 is 1.29 bits per heavy atom. The average Bonchev–Trinajstić information content (AvgIpc) is 3.16. The van der Waals surface area contributed by atoms with Gasteiger partial charge in [0, 0.05) is 18.8 Å². The summed E-state index contributed by atoms with van der Waals surface area (Å²) in [6, 6.07) is 4.78. The van der Waals surface area contributed by atoms with Crippen molar-refractivity contribution in [2.24, 2.45) is 0 Å². The van der Waals surface area contributed by atoms with Gasteiger partial charge in [-0.2, -0.15) is 5.10 Å². The quantitative estimate of drug-likeness (QED) is 0.938. The molecule has 7 heteroatoms. The van der Waals surface area contributed by atoms with Gasteiger partial charge in [-0.15, -0.1) is 0 Å². The van der Waals surface area contributed by atoms with E-state index >= 15 is 0 Å². The summed E-state index contributed by atoms with van der Waals surface area (Å²) in [6.45, 7) is 4.03. The van der Waals surface area contributed by atoms with Crippen molar-refractivity contribution in [2.45, 2.75) is 38.5 Å². The van der Waals surface area contributed by atoms with Crippen LogP contribution in [0.15, 0.2) is 30.5 Å². The molecule has 1 fully saturated rings. The molecule has 128 valence electrons. The number of β-amino-alcohol motifs (C(OH)–C–C–N with tert-alkyl or cyclic N) is 1. The van der Waals surface area contributed by atoms with Crippen LogP contribution in [0.5, 0.6) is 0 Å². The normalized spacial score (nSPS) is 20.8. The fraction of sp³-hybridized carbons (Fsp3) is 0.412. The van der Waals surface area contributed by atoms with Gasteiger partial charge in [-0.05, 0) is 44.0 Å². The van der Waals surface area contributed by atoms with Crippen molar-refractivity contribution in [3.05, 3.63) is 53.4 Å². The molecule has 0 unspecified atom stereocenters. The van der Waals surface area contributed by atoms with Crippen molar-refractivity contribution >= 4 is 5.91 Å². The van der Waals surface area contributed by atoms with E-state index in [-0.39, 0.29) is 30.6 Å². The first-order valence-corrected chi connectivity index (χ1v) is 7.86.